The molecule has 3 aromatic rings. The predicted molar refractivity (Wildman–Crippen MR) is 142 cm³/mol. The number of thiophene rings is 1. The zero-order chi connectivity index (χ0) is 25.7. The van der Waals surface area contributed by atoms with Gasteiger partial charge in [-0.15, -0.1) is 11.3 Å². The van der Waals surface area contributed by atoms with Crippen LogP contribution >= 0.6 is 34.5 Å². The van der Waals surface area contributed by atoms with Gasteiger partial charge in [-0.1, -0.05) is 35.3 Å². The Labute approximate surface area is 224 Å². The van der Waals surface area contributed by atoms with E-state index in [1.165, 1.54) is 18.2 Å². The van der Waals surface area contributed by atoms with E-state index < -0.39 is 10.0 Å². The second-order valence-corrected chi connectivity index (χ2v) is 12.0. The second-order valence-electron chi connectivity index (χ2n) is 8.02. The minimum absolute atomic E-state index is 0.0305. The lowest BCUT2D eigenvalue weighted by molar-refractivity contribution is 0.0162. The normalized spacial score (nSPS) is 15.3. The van der Waals surface area contributed by atoms with E-state index in [1.807, 2.05) is 24.3 Å². The van der Waals surface area contributed by atoms with E-state index in [1.54, 1.807) is 19.2 Å². The summed E-state index contributed by atoms with van der Waals surface area (Å²) >= 11 is 12.8. The number of sulfonamides is 1. The lowest BCUT2D eigenvalue weighted by atomic mass is 10.0. The highest BCUT2D eigenvalue weighted by molar-refractivity contribution is 7.93. The molecule has 0 saturated carbocycles. The van der Waals surface area contributed by atoms with Gasteiger partial charge in [0.1, 0.15) is 15.0 Å². The Morgan fingerprint density at radius 1 is 1.11 bits per heavy atom. The Kier molecular flexibility index (Phi) is 8.76. The van der Waals surface area contributed by atoms with Crippen molar-refractivity contribution in [3.8, 4) is 5.75 Å². The molecule has 2 aromatic carbocycles. The highest BCUT2D eigenvalue weighted by Gasteiger charge is 2.24. The summed E-state index contributed by atoms with van der Waals surface area (Å²) in [5, 5.41) is 3.01. The summed E-state index contributed by atoms with van der Waals surface area (Å²) in [6, 6.07) is 15.2. The lowest BCUT2D eigenvalue weighted by Crippen LogP contribution is -2.43. The molecule has 1 fully saturated rings. The molecule has 0 radical (unpaired) electrons. The third-order valence-electron chi connectivity index (χ3n) is 5.76. The number of amides is 1. The van der Waals surface area contributed by atoms with Gasteiger partial charge in [-0.2, -0.15) is 0 Å². The van der Waals surface area contributed by atoms with Crippen LogP contribution in [0.4, 0.5) is 5.69 Å². The van der Waals surface area contributed by atoms with E-state index in [2.05, 4.69) is 14.9 Å². The lowest BCUT2D eigenvalue weighted by Gasteiger charge is -2.35. The van der Waals surface area contributed by atoms with Crippen LogP contribution in [0.2, 0.25) is 8.67 Å². The van der Waals surface area contributed by atoms with Crippen LogP contribution in [0, 0.1) is 0 Å². The van der Waals surface area contributed by atoms with Crippen molar-refractivity contribution in [1.29, 1.82) is 0 Å². The Balaban J connectivity index is 1.42. The number of nitrogens with zero attached hydrogens (tertiary/aromatic N) is 1. The summed E-state index contributed by atoms with van der Waals surface area (Å²) in [7, 11) is -2.28. The van der Waals surface area contributed by atoms with Crippen molar-refractivity contribution in [2.24, 2.45) is 0 Å². The van der Waals surface area contributed by atoms with Crippen molar-refractivity contribution in [1.82, 2.24) is 10.2 Å². The van der Waals surface area contributed by atoms with Crippen LogP contribution < -0.4 is 14.8 Å². The first kappa shape index (κ1) is 26.7. The Hall–Kier alpha value is -2.34. The largest absolute Gasteiger partial charge is 0.497 e. The predicted octanol–water partition coefficient (Wildman–Crippen LogP) is 4.67. The third-order valence-corrected chi connectivity index (χ3v) is 8.89. The molecule has 36 heavy (non-hydrogen) atoms. The quantitative estimate of drug-likeness (QED) is 0.388. The molecule has 0 spiro atoms. The summed E-state index contributed by atoms with van der Waals surface area (Å²) < 4.78 is 38.8. The topological polar surface area (TPSA) is 97.0 Å². The molecule has 0 unspecified atom stereocenters. The zero-order valence-corrected chi connectivity index (χ0v) is 22.5. The van der Waals surface area contributed by atoms with Gasteiger partial charge in [0.15, 0.2) is 0 Å². The van der Waals surface area contributed by atoms with Crippen LogP contribution in [0.1, 0.15) is 22.0 Å². The molecule has 8 nitrogen and oxygen atoms in total. The molecule has 1 aromatic heterocycles. The number of hydrogen-bond acceptors (Lipinski definition) is 7. The molecule has 0 aliphatic carbocycles. The first-order valence-electron chi connectivity index (χ1n) is 11.1. The van der Waals surface area contributed by atoms with Crippen LogP contribution in [-0.4, -0.2) is 59.2 Å². The van der Waals surface area contributed by atoms with Crippen molar-refractivity contribution in [2.75, 3.05) is 44.7 Å². The van der Waals surface area contributed by atoms with Gasteiger partial charge in [0, 0.05) is 30.9 Å². The highest BCUT2D eigenvalue weighted by atomic mass is 35.5. The smallest absolute Gasteiger partial charge is 0.264 e. The average Bonchev–Trinajstić information content (AvgIpc) is 3.24. The standard InChI is InChI=1S/C24H25Cl2N3O5S2/c1-33-19-8-4-16(5-9-19)20(29-10-12-34-13-11-29)15-27-24(30)17-2-6-18(7-3-17)28-36(31,32)21-14-22(25)35-23(21)26/h2-9,14,20,28H,10-13,15H2,1H3,(H,27,30)/t20-/m1/s1. The maximum absolute atomic E-state index is 12.9. The second kappa shape index (κ2) is 11.8. The van der Waals surface area contributed by atoms with Gasteiger partial charge in [0.05, 0.1) is 30.7 Å². The summed E-state index contributed by atoms with van der Waals surface area (Å²) in [6.45, 7) is 3.21. The van der Waals surface area contributed by atoms with Gasteiger partial charge in [0.2, 0.25) is 0 Å². The highest BCUT2D eigenvalue weighted by Crippen LogP contribution is 2.35. The van der Waals surface area contributed by atoms with E-state index in [0.29, 0.717) is 31.0 Å². The third kappa shape index (κ3) is 6.50. The number of ether oxygens (including phenoxy) is 2. The number of nitrogens with one attached hydrogen (secondary N) is 2. The van der Waals surface area contributed by atoms with Crippen molar-refractivity contribution < 1.29 is 22.7 Å². The maximum Gasteiger partial charge on any atom is 0.264 e. The molecular weight excluding hydrogens is 545 g/mol. The molecule has 4 rings (SSSR count). The number of methoxy groups -OCH3 is 1. The van der Waals surface area contributed by atoms with Crippen LogP contribution in [-0.2, 0) is 14.8 Å². The van der Waals surface area contributed by atoms with Crippen LogP contribution in [0.3, 0.4) is 0 Å². The number of rotatable bonds is 9. The average molecular weight is 571 g/mol. The molecule has 1 amide bonds. The van der Waals surface area contributed by atoms with Crippen LogP contribution in [0.25, 0.3) is 0 Å². The Bertz CT molecular complexity index is 1290. The van der Waals surface area contributed by atoms with Crippen molar-refractivity contribution in [3.63, 3.8) is 0 Å². The van der Waals surface area contributed by atoms with Gasteiger partial charge in [-0.05, 0) is 48.0 Å². The van der Waals surface area contributed by atoms with E-state index >= 15 is 0 Å². The number of halogens is 2. The monoisotopic (exact) mass is 569 g/mol. The molecule has 2 N–H and O–H groups in total. The minimum atomic E-state index is -3.91. The first-order chi connectivity index (χ1) is 17.3. The molecule has 0 bridgehead atoms. The van der Waals surface area contributed by atoms with Crippen LogP contribution in [0.15, 0.2) is 59.5 Å². The maximum atomic E-state index is 12.9. The van der Waals surface area contributed by atoms with E-state index in [-0.39, 0.29) is 25.5 Å². The number of carbonyl (C=O) groups excluding carboxylic acids is 1. The van der Waals surface area contributed by atoms with E-state index in [0.717, 1.165) is 35.7 Å². The Morgan fingerprint density at radius 3 is 2.36 bits per heavy atom. The fourth-order valence-electron chi connectivity index (χ4n) is 3.87. The number of benzene rings is 2. The molecular formula is C24H25Cl2N3O5S2. The summed E-state index contributed by atoms with van der Waals surface area (Å²) in [5.74, 6) is 0.507. The number of morpholine rings is 1. The molecule has 12 heteroatoms. The van der Waals surface area contributed by atoms with Crippen LogP contribution in [0.5, 0.6) is 5.75 Å². The number of carbonyl (C=O) groups is 1. The van der Waals surface area contributed by atoms with Crippen molar-refractivity contribution in [3.05, 3.63) is 74.4 Å². The van der Waals surface area contributed by atoms with Gasteiger partial charge in [-0.25, -0.2) is 8.42 Å². The molecule has 2 heterocycles. The molecule has 1 aliphatic rings. The molecule has 1 saturated heterocycles. The minimum Gasteiger partial charge on any atom is -0.497 e. The summed E-state index contributed by atoms with van der Waals surface area (Å²) in [5.41, 5.74) is 1.77. The summed E-state index contributed by atoms with van der Waals surface area (Å²) in [6.07, 6.45) is 0. The summed E-state index contributed by atoms with van der Waals surface area (Å²) in [4.78, 5) is 15.1. The van der Waals surface area contributed by atoms with Gasteiger partial charge < -0.3 is 14.8 Å². The van der Waals surface area contributed by atoms with E-state index in [9.17, 15) is 13.2 Å². The van der Waals surface area contributed by atoms with Crippen molar-refractivity contribution >= 4 is 56.2 Å². The molecule has 1 aliphatic heterocycles. The number of hydrogen-bond donors (Lipinski definition) is 2. The van der Waals surface area contributed by atoms with Gasteiger partial charge in [-0.3, -0.25) is 14.4 Å². The number of anilines is 1. The fraction of sp³-hybridized carbons (Fsp3) is 0.292. The van der Waals surface area contributed by atoms with Crippen molar-refractivity contribution in [2.45, 2.75) is 10.9 Å². The molecule has 192 valence electrons. The fourth-order valence-corrected chi connectivity index (χ4v) is 7.08. The molecule has 1 atom stereocenters. The SMILES string of the molecule is COc1ccc([C@@H](CNC(=O)c2ccc(NS(=O)(=O)c3cc(Cl)sc3Cl)cc2)N2CCOCC2)cc1. The van der Waals surface area contributed by atoms with Gasteiger partial charge in [0.25, 0.3) is 15.9 Å². The Morgan fingerprint density at radius 2 is 1.78 bits per heavy atom. The van der Waals surface area contributed by atoms with E-state index in [4.69, 9.17) is 32.7 Å². The first-order valence-corrected chi connectivity index (χ1v) is 14.1. The zero-order valence-electron chi connectivity index (χ0n) is 19.4. The van der Waals surface area contributed by atoms with Gasteiger partial charge >= 0.3 is 0 Å².